The first kappa shape index (κ1) is 18.1. The molecule has 2 bridgehead atoms. The number of carbonyl (C=O) groups is 1. The Morgan fingerprint density at radius 2 is 2.19 bits per heavy atom. The van der Waals surface area contributed by atoms with Gasteiger partial charge in [0.25, 0.3) is 5.91 Å². The van der Waals surface area contributed by atoms with E-state index in [0.29, 0.717) is 23.8 Å². The largest absolute Gasteiger partial charge is 0.489 e. The zero-order chi connectivity index (χ0) is 19.0. The number of carbonyl (C=O) groups excluding carboxylic acids is 1. The van der Waals surface area contributed by atoms with Gasteiger partial charge in [0.15, 0.2) is 0 Å². The molecule has 2 fully saturated rings. The summed E-state index contributed by atoms with van der Waals surface area (Å²) in [5, 5.41) is 7.16. The molecule has 5 nitrogen and oxygen atoms in total. The molecule has 5 heteroatoms. The molecule has 1 heterocycles. The molecule has 2 saturated carbocycles. The van der Waals surface area contributed by atoms with E-state index < -0.39 is 0 Å². The molecule has 1 N–H and O–H groups in total. The highest BCUT2D eigenvalue weighted by atomic mass is 16.5. The smallest absolute Gasteiger partial charge is 0.251 e. The highest BCUT2D eigenvalue weighted by Crippen LogP contribution is 2.49. The van der Waals surface area contributed by atoms with E-state index in [2.05, 4.69) is 17.4 Å². The molecule has 1 amide bonds. The third kappa shape index (κ3) is 3.73. The van der Waals surface area contributed by atoms with E-state index in [0.717, 1.165) is 28.9 Å². The lowest BCUT2D eigenvalue weighted by Gasteiger charge is -2.28. The van der Waals surface area contributed by atoms with Crippen LogP contribution in [0.3, 0.4) is 0 Å². The van der Waals surface area contributed by atoms with E-state index in [9.17, 15) is 4.79 Å². The third-order valence-corrected chi connectivity index (χ3v) is 6.45. The third-order valence-electron chi connectivity index (χ3n) is 6.45. The van der Waals surface area contributed by atoms with Crippen LogP contribution in [0.1, 0.15) is 60.0 Å². The van der Waals surface area contributed by atoms with Gasteiger partial charge in [0, 0.05) is 11.6 Å². The first-order valence-electron chi connectivity index (χ1n) is 9.96. The van der Waals surface area contributed by atoms with Crippen LogP contribution in [0, 0.1) is 31.6 Å². The van der Waals surface area contributed by atoms with Crippen molar-refractivity contribution in [1.29, 1.82) is 0 Å². The zero-order valence-electron chi connectivity index (χ0n) is 16.3. The number of benzene rings is 1. The van der Waals surface area contributed by atoms with E-state index in [4.69, 9.17) is 9.26 Å². The minimum atomic E-state index is -0.0203. The summed E-state index contributed by atoms with van der Waals surface area (Å²) in [6.45, 7) is 6.31. The van der Waals surface area contributed by atoms with Gasteiger partial charge >= 0.3 is 0 Å². The van der Waals surface area contributed by atoms with Crippen LogP contribution in [-0.2, 0) is 6.61 Å². The first-order valence-corrected chi connectivity index (χ1v) is 9.96. The number of nitrogens with one attached hydrogen (secondary N) is 1. The van der Waals surface area contributed by atoms with Crippen molar-refractivity contribution in [3.8, 4) is 5.75 Å². The number of hydrogen-bond acceptors (Lipinski definition) is 4. The number of nitrogens with zero attached hydrogens (tertiary/aromatic N) is 1. The zero-order valence-corrected chi connectivity index (χ0v) is 16.3. The standard InChI is InChI=1S/C22H28N2O3/c1-13(20-10-16-7-8-17(20)9-16)23-22(25)18-5-4-6-19(11-18)26-12-21-14(2)24-27-15(21)3/h4-6,11,13,16-17,20H,7-10,12H2,1-3H3,(H,23,25). The van der Waals surface area contributed by atoms with Crippen molar-refractivity contribution in [2.75, 3.05) is 0 Å². The SMILES string of the molecule is Cc1noc(C)c1COc1cccc(C(=O)NC(C)C2CC3CCC2C3)c1. The Hall–Kier alpha value is -2.30. The maximum absolute atomic E-state index is 12.7. The lowest BCUT2D eigenvalue weighted by molar-refractivity contribution is 0.0914. The lowest BCUT2D eigenvalue weighted by atomic mass is 9.84. The second kappa shape index (κ2) is 7.37. The number of fused-ring (bicyclic) bond motifs is 2. The second-order valence-electron chi connectivity index (χ2n) is 8.22. The van der Waals surface area contributed by atoms with Gasteiger partial charge in [-0.25, -0.2) is 0 Å². The molecular formula is C22H28N2O3. The van der Waals surface area contributed by atoms with E-state index >= 15 is 0 Å². The average molecular weight is 368 g/mol. The van der Waals surface area contributed by atoms with Gasteiger partial charge in [-0.05, 0) is 76.0 Å². The molecule has 4 atom stereocenters. The Morgan fingerprint density at radius 3 is 2.85 bits per heavy atom. The Balaban J connectivity index is 1.37. The van der Waals surface area contributed by atoms with Crippen molar-refractivity contribution in [2.45, 2.75) is 59.1 Å². The number of hydrogen-bond donors (Lipinski definition) is 1. The van der Waals surface area contributed by atoms with Gasteiger partial charge in [-0.2, -0.15) is 0 Å². The number of ether oxygens (including phenoxy) is 1. The van der Waals surface area contributed by atoms with Crippen molar-refractivity contribution in [3.63, 3.8) is 0 Å². The average Bonchev–Trinajstić information content (AvgIpc) is 3.37. The van der Waals surface area contributed by atoms with Gasteiger partial charge in [-0.15, -0.1) is 0 Å². The van der Waals surface area contributed by atoms with Gasteiger partial charge in [0.1, 0.15) is 18.1 Å². The summed E-state index contributed by atoms with van der Waals surface area (Å²) in [7, 11) is 0. The first-order chi connectivity index (χ1) is 13.0. The summed E-state index contributed by atoms with van der Waals surface area (Å²) in [6, 6.07) is 7.60. The summed E-state index contributed by atoms with van der Waals surface area (Å²) < 4.78 is 11.0. The molecule has 4 unspecified atom stereocenters. The van der Waals surface area contributed by atoms with E-state index in [-0.39, 0.29) is 11.9 Å². The van der Waals surface area contributed by atoms with E-state index in [1.165, 1.54) is 25.7 Å². The second-order valence-corrected chi connectivity index (χ2v) is 8.22. The van der Waals surface area contributed by atoms with Crippen LogP contribution in [0.25, 0.3) is 0 Å². The van der Waals surface area contributed by atoms with Crippen molar-refractivity contribution in [2.24, 2.45) is 17.8 Å². The van der Waals surface area contributed by atoms with Crippen LogP contribution in [0.5, 0.6) is 5.75 Å². The number of aryl methyl sites for hydroxylation is 2. The molecule has 2 aliphatic carbocycles. The lowest BCUT2D eigenvalue weighted by Crippen LogP contribution is -2.40. The summed E-state index contributed by atoms with van der Waals surface area (Å²) in [6.07, 6.45) is 5.34. The van der Waals surface area contributed by atoms with Crippen molar-refractivity contribution in [3.05, 3.63) is 46.8 Å². The predicted octanol–water partition coefficient (Wildman–Crippen LogP) is 4.42. The van der Waals surface area contributed by atoms with Gasteiger partial charge in [0.05, 0.1) is 11.3 Å². The minimum Gasteiger partial charge on any atom is -0.489 e. The molecule has 0 aliphatic heterocycles. The summed E-state index contributed by atoms with van der Waals surface area (Å²) in [4.78, 5) is 12.7. The monoisotopic (exact) mass is 368 g/mol. The van der Waals surface area contributed by atoms with Crippen molar-refractivity contribution >= 4 is 5.91 Å². The predicted molar refractivity (Wildman–Crippen MR) is 103 cm³/mol. The topological polar surface area (TPSA) is 64.4 Å². The number of aromatic nitrogens is 1. The Bertz CT molecular complexity index is 809. The fraction of sp³-hybridized carbons (Fsp3) is 0.545. The summed E-state index contributed by atoms with van der Waals surface area (Å²) in [5.74, 6) is 3.74. The fourth-order valence-corrected chi connectivity index (χ4v) is 4.89. The van der Waals surface area contributed by atoms with Gasteiger partial charge in [-0.3, -0.25) is 4.79 Å². The molecule has 2 aliphatic rings. The Kier molecular flexibility index (Phi) is 4.94. The van der Waals surface area contributed by atoms with Crippen LogP contribution in [0.2, 0.25) is 0 Å². The van der Waals surface area contributed by atoms with E-state index in [1.54, 1.807) is 6.07 Å². The quantitative estimate of drug-likeness (QED) is 0.819. The summed E-state index contributed by atoms with van der Waals surface area (Å²) >= 11 is 0. The minimum absolute atomic E-state index is 0.0203. The van der Waals surface area contributed by atoms with Crippen LogP contribution in [-0.4, -0.2) is 17.1 Å². The van der Waals surface area contributed by atoms with Crippen LogP contribution in [0.4, 0.5) is 0 Å². The van der Waals surface area contributed by atoms with Gasteiger partial charge in [-0.1, -0.05) is 17.6 Å². The molecule has 0 saturated heterocycles. The van der Waals surface area contributed by atoms with E-state index in [1.807, 2.05) is 32.0 Å². The molecule has 0 radical (unpaired) electrons. The molecule has 2 aromatic rings. The molecule has 27 heavy (non-hydrogen) atoms. The Labute approximate surface area is 160 Å². The normalized spacial score (nSPS) is 24.8. The molecular weight excluding hydrogens is 340 g/mol. The fourth-order valence-electron chi connectivity index (χ4n) is 4.89. The maximum Gasteiger partial charge on any atom is 0.251 e. The highest BCUT2D eigenvalue weighted by molar-refractivity contribution is 5.94. The summed E-state index contributed by atoms with van der Waals surface area (Å²) in [5.41, 5.74) is 2.43. The molecule has 144 valence electrons. The van der Waals surface area contributed by atoms with Gasteiger partial charge < -0.3 is 14.6 Å². The maximum atomic E-state index is 12.7. The van der Waals surface area contributed by atoms with Crippen molar-refractivity contribution < 1.29 is 14.1 Å². The van der Waals surface area contributed by atoms with Crippen LogP contribution >= 0.6 is 0 Å². The van der Waals surface area contributed by atoms with Crippen molar-refractivity contribution in [1.82, 2.24) is 10.5 Å². The molecule has 4 rings (SSSR count). The van der Waals surface area contributed by atoms with Crippen LogP contribution < -0.4 is 10.1 Å². The molecule has 0 spiro atoms. The van der Waals surface area contributed by atoms with Gasteiger partial charge in [0.2, 0.25) is 0 Å². The number of rotatable bonds is 6. The van der Waals surface area contributed by atoms with Crippen LogP contribution in [0.15, 0.2) is 28.8 Å². The highest BCUT2D eigenvalue weighted by Gasteiger charge is 2.42. The Morgan fingerprint density at radius 1 is 1.33 bits per heavy atom. The number of amides is 1. The molecule has 1 aromatic carbocycles. The molecule has 1 aromatic heterocycles.